The van der Waals surface area contributed by atoms with Gasteiger partial charge in [-0.1, -0.05) is 30.3 Å². The number of non-ortho nitro benzene ring substituents is 2. The second-order valence-electron chi connectivity index (χ2n) is 8.13. The number of nitro benzene ring substituents is 2. The summed E-state index contributed by atoms with van der Waals surface area (Å²) in [5.41, 5.74) is -3.45. The summed E-state index contributed by atoms with van der Waals surface area (Å²) < 4.78 is 30.4. The fourth-order valence-electron chi connectivity index (χ4n) is 4.32. The van der Waals surface area contributed by atoms with Gasteiger partial charge in [-0.15, -0.1) is 0 Å². The van der Waals surface area contributed by atoms with Crippen molar-refractivity contribution in [2.75, 3.05) is 4.90 Å². The van der Waals surface area contributed by atoms with Crippen molar-refractivity contribution >= 4 is 28.6 Å². The lowest BCUT2D eigenvalue weighted by Crippen LogP contribution is -2.53. The molecule has 1 atom stereocenters. The van der Waals surface area contributed by atoms with E-state index in [1.807, 2.05) is 0 Å². The Morgan fingerprint density at radius 1 is 0.757 bits per heavy atom. The number of aliphatic hydroxyl groups is 1. The van der Waals surface area contributed by atoms with Gasteiger partial charge in [0, 0.05) is 41.1 Å². The number of nitro groups is 2. The molecule has 1 aliphatic heterocycles. The van der Waals surface area contributed by atoms with E-state index in [1.165, 1.54) is 72.8 Å². The number of hydrogen-bond donors (Lipinski definition) is 1. The Bertz CT molecular complexity index is 1590. The number of fused-ring (bicyclic) bond motifs is 1. The molecule has 184 valence electrons. The molecule has 0 amide bonds. The van der Waals surface area contributed by atoms with Crippen LogP contribution in [0.2, 0.25) is 0 Å². The zero-order valence-electron chi connectivity index (χ0n) is 18.8. The molecule has 0 saturated carbocycles. The van der Waals surface area contributed by atoms with Crippen LogP contribution in [0.1, 0.15) is 16.7 Å². The van der Waals surface area contributed by atoms with E-state index >= 15 is 8.78 Å². The van der Waals surface area contributed by atoms with E-state index in [-0.39, 0.29) is 45.3 Å². The number of nitrogens with zero attached hydrogens (tertiary/aromatic N) is 4. The highest BCUT2D eigenvalue weighted by molar-refractivity contribution is 6.14. The summed E-state index contributed by atoms with van der Waals surface area (Å²) in [4.78, 5) is 27.1. The Labute approximate surface area is 207 Å². The van der Waals surface area contributed by atoms with Crippen LogP contribution in [0, 0.1) is 31.9 Å². The van der Waals surface area contributed by atoms with Crippen molar-refractivity contribution in [1.29, 1.82) is 0 Å². The van der Waals surface area contributed by atoms with Gasteiger partial charge in [-0.05, 0) is 36.4 Å². The normalized spacial score (nSPS) is 16.6. The van der Waals surface area contributed by atoms with Gasteiger partial charge >= 0.3 is 0 Å². The third kappa shape index (κ3) is 3.87. The smallest absolute Gasteiger partial charge is 0.270 e. The molecular weight excluding hydrogens is 486 g/mol. The van der Waals surface area contributed by atoms with Crippen molar-refractivity contribution in [3.8, 4) is 0 Å². The first kappa shape index (κ1) is 23.7. The van der Waals surface area contributed by atoms with Crippen molar-refractivity contribution in [2.45, 2.75) is 5.72 Å². The SMILES string of the molecule is O=[N+]([O-])c1ccc(N2C(c3ccccc3F)=Nc3ccc([N+](=O)[O-])cc3C2(O)c2ccccc2F)cc1. The third-order valence-electron chi connectivity index (χ3n) is 6.01. The number of amidine groups is 1. The lowest BCUT2D eigenvalue weighted by atomic mass is 9.87. The molecule has 4 aromatic carbocycles. The molecular formula is C26H16F2N4O5. The number of rotatable bonds is 5. The zero-order chi connectivity index (χ0) is 26.3. The van der Waals surface area contributed by atoms with Crippen LogP contribution in [0.15, 0.2) is 96.0 Å². The first-order valence-electron chi connectivity index (χ1n) is 10.9. The number of aliphatic imine (C=N–C) groups is 1. The van der Waals surface area contributed by atoms with Gasteiger partial charge in [-0.25, -0.2) is 13.8 Å². The molecule has 4 aromatic rings. The molecule has 0 spiro atoms. The van der Waals surface area contributed by atoms with Gasteiger partial charge in [-0.2, -0.15) is 0 Å². The van der Waals surface area contributed by atoms with Crippen LogP contribution in [-0.2, 0) is 5.72 Å². The van der Waals surface area contributed by atoms with Gasteiger partial charge < -0.3 is 5.11 Å². The highest BCUT2D eigenvalue weighted by Gasteiger charge is 2.48. The van der Waals surface area contributed by atoms with Gasteiger partial charge in [0.15, 0.2) is 0 Å². The summed E-state index contributed by atoms with van der Waals surface area (Å²) in [5, 5.41) is 35.2. The van der Waals surface area contributed by atoms with E-state index in [9.17, 15) is 25.3 Å². The molecule has 1 N–H and O–H groups in total. The van der Waals surface area contributed by atoms with Crippen LogP contribution >= 0.6 is 0 Å². The van der Waals surface area contributed by atoms with Gasteiger partial charge in [-0.3, -0.25) is 25.1 Å². The Hall–Kier alpha value is -5.03. The van der Waals surface area contributed by atoms with Gasteiger partial charge in [0.05, 0.1) is 21.1 Å². The Kier molecular flexibility index (Phi) is 5.69. The molecule has 5 rings (SSSR count). The van der Waals surface area contributed by atoms with Crippen molar-refractivity contribution in [3.63, 3.8) is 0 Å². The summed E-state index contributed by atoms with van der Waals surface area (Å²) in [7, 11) is 0. The molecule has 1 aliphatic rings. The van der Waals surface area contributed by atoms with Crippen LogP contribution in [0.4, 0.5) is 31.5 Å². The van der Waals surface area contributed by atoms with Gasteiger partial charge in [0.25, 0.3) is 11.4 Å². The zero-order valence-corrected chi connectivity index (χ0v) is 18.8. The second kappa shape index (κ2) is 8.88. The second-order valence-corrected chi connectivity index (χ2v) is 8.13. The average molecular weight is 502 g/mol. The molecule has 0 bridgehead atoms. The van der Waals surface area contributed by atoms with E-state index in [2.05, 4.69) is 4.99 Å². The summed E-state index contributed by atoms with van der Waals surface area (Å²) in [6.07, 6.45) is 0. The minimum atomic E-state index is -2.47. The summed E-state index contributed by atoms with van der Waals surface area (Å²) in [6, 6.07) is 19.3. The molecule has 37 heavy (non-hydrogen) atoms. The predicted octanol–water partition coefficient (Wildman–Crippen LogP) is 5.57. The number of halogens is 2. The van der Waals surface area contributed by atoms with Crippen LogP contribution in [0.5, 0.6) is 0 Å². The standard InChI is InChI=1S/C26H16F2N4O5/c27-22-7-3-1-5-19(22)25-29-24-14-13-18(32(36)37)15-21(24)26(33,20-6-2-4-8-23(20)28)30(25)16-9-11-17(12-10-16)31(34)35/h1-15,33H. The van der Waals surface area contributed by atoms with Crippen LogP contribution < -0.4 is 4.90 Å². The first-order valence-corrected chi connectivity index (χ1v) is 10.9. The Morgan fingerprint density at radius 3 is 1.97 bits per heavy atom. The summed E-state index contributed by atoms with van der Waals surface area (Å²) in [6.45, 7) is 0. The van der Waals surface area contributed by atoms with Crippen molar-refractivity contribution in [1.82, 2.24) is 0 Å². The molecule has 0 saturated heterocycles. The molecule has 1 unspecified atom stereocenters. The van der Waals surface area contributed by atoms with Gasteiger partial charge in [0.2, 0.25) is 5.72 Å². The monoisotopic (exact) mass is 502 g/mol. The van der Waals surface area contributed by atoms with Crippen LogP contribution in [0.3, 0.4) is 0 Å². The van der Waals surface area contributed by atoms with Crippen molar-refractivity contribution < 1.29 is 23.7 Å². The minimum Gasteiger partial charge on any atom is -0.363 e. The third-order valence-corrected chi connectivity index (χ3v) is 6.01. The molecule has 9 nitrogen and oxygen atoms in total. The molecule has 0 aromatic heterocycles. The quantitative estimate of drug-likeness (QED) is 0.281. The Morgan fingerprint density at radius 2 is 1.35 bits per heavy atom. The van der Waals surface area contributed by atoms with Crippen molar-refractivity contribution in [2.24, 2.45) is 4.99 Å². The number of anilines is 1. The molecule has 0 fully saturated rings. The van der Waals surface area contributed by atoms with E-state index in [4.69, 9.17) is 0 Å². The maximum Gasteiger partial charge on any atom is 0.270 e. The van der Waals surface area contributed by atoms with Crippen LogP contribution in [0.25, 0.3) is 0 Å². The maximum absolute atomic E-state index is 15.3. The van der Waals surface area contributed by atoms with Crippen molar-refractivity contribution in [3.05, 3.63) is 140 Å². The predicted molar refractivity (Wildman–Crippen MR) is 131 cm³/mol. The topological polar surface area (TPSA) is 122 Å². The average Bonchev–Trinajstić information content (AvgIpc) is 2.89. The van der Waals surface area contributed by atoms with Gasteiger partial charge in [0.1, 0.15) is 17.5 Å². The lowest BCUT2D eigenvalue weighted by Gasteiger charge is -2.45. The fourth-order valence-corrected chi connectivity index (χ4v) is 4.32. The summed E-state index contributed by atoms with van der Waals surface area (Å²) in [5.74, 6) is -1.68. The molecule has 11 heteroatoms. The molecule has 0 aliphatic carbocycles. The van der Waals surface area contributed by atoms with Crippen LogP contribution in [-0.4, -0.2) is 20.8 Å². The minimum absolute atomic E-state index is 0.0489. The largest absolute Gasteiger partial charge is 0.363 e. The highest BCUT2D eigenvalue weighted by Crippen LogP contribution is 2.47. The maximum atomic E-state index is 15.3. The first-order chi connectivity index (χ1) is 17.7. The highest BCUT2D eigenvalue weighted by atomic mass is 19.1. The van der Waals surface area contributed by atoms with E-state index in [0.717, 1.165) is 17.0 Å². The summed E-state index contributed by atoms with van der Waals surface area (Å²) >= 11 is 0. The molecule has 0 radical (unpaired) electrons. The van der Waals surface area contributed by atoms with E-state index in [0.29, 0.717) is 0 Å². The lowest BCUT2D eigenvalue weighted by molar-refractivity contribution is -0.385. The van der Waals surface area contributed by atoms with E-state index < -0.39 is 27.2 Å². The Balaban J connectivity index is 1.89. The van der Waals surface area contributed by atoms with E-state index in [1.54, 1.807) is 6.07 Å². The number of hydrogen-bond acceptors (Lipinski definition) is 7. The molecule has 1 heterocycles. The number of benzene rings is 4. The fraction of sp³-hybridized carbons (Fsp3) is 0.0385.